The fraction of sp³-hybridized carbons (Fsp3) is 0.333. The molecule has 2 aromatic rings. The Kier molecular flexibility index (Phi) is 4.00. The highest BCUT2D eigenvalue weighted by molar-refractivity contribution is 6.46. The average Bonchev–Trinajstić information content (AvgIpc) is 3.28. The van der Waals surface area contributed by atoms with Crippen LogP contribution in [0.25, 0.3) is 11.0 Å². The lowest BCUT2D eigenvalue weighted by atomic mass is 9.75. The largest absolute Gasteiger partial charge is 0.475 e. The van der Waals surface area contributed by atoms with Crippen molar-refractivity contribution in [3.8, 4) is 0 Å². The molecule has 114 valence electrons. The van der Waals surface area contributed by atoms with Gasteiger partial charge in [-0.15, -0.1) is 0 Å². The van der Waals surface area contributed by atoms with Crippen LogP contribution in [0.5, 0.6) is 0 Å². The zero-order chi connectivity index (χ0) is 15.7. The van der Waals surface area contributed by atoms with Gasteiger partial charge in [-0.1, -0.05) is 18.2 Å². The van der Waals surface area contributed by atoms with Crippen LogP contribution in [0.3, 0.4) is 0 Å². The zero-order valence-electron chi connectivity index (χ0n) is 11.9. The van der Waals surface area contributed by atoms with Gasteiger partial charge in [0.15, 0.2) is 0 Å². The monoisotopic (exact) mass is 301 g/mol. The summed E-state index contributed by atoms with van der Waals surface area (Å²) in [5, 5.41) is 22.2. The standard InChI is InChI=1S/C15H16BNO5/c18-14(9-5-6-9)15(19)17-13(16(20)21)7-10-8-22-12-4-2-1-3-11(10)12/h1-4,8-9,13,20-21H,5-7H2,(H,17,19)/t13-/m0/s1. The van der Waals surface area contributed by atoms with Crippen LogP contribution in [0.4, 0.5) is 0 Å². The molecular formula is C15H16BNO5. The topological polar surface area (TPSA) is 99.8 Å². The lowest BCUT2D eigenvalue weighted by Gasteiger charge is -2.16. The predicted molar refractivity (Wildman–Crippen MR) is 79.8 cm³/mol. The van der Waals surface area contributed by atoms with E-state index < -0.39 is 24.8 Å². The molecule has 0 aliphatic heterocycles. The molecule has 1 aromatic heterocycles. The molecule has 0 radical (unpaired) electrons. The summed E-state index contributed by atoms with van der Waals surface area (Å²) in [7, 11) is -1.76. The molecule has 1 aliphatic carbocycles. The molecule has 7 heteroatoms. The van der Waals surface area contributed by atoms with Crippen molar-refractivity contribution in [1.82, 2.24) is 5.32 Å². The van der Waals surface area contributed by atoms with Gasteiger partial charge in [0.05, 0.1) is 12.2 Å². The van der Waals surface area contributed by atoms with Crippen LogP contribution >= 0.6 is 0 Å². The average molecular weight is 301 g/mol. The number of Topliss-reactive ketones (excluding diaryl/α,β-unsaturated/α-hetero) is 1. The molecule has 1 heterocycles. The number of furan rings is 1. The quantitative estimate of drug-likeness (QED) is 0.531. The van der Waals surface area contributed by atoms with Gasteiger partial charge in [0.1, 0.15) is 5.58 Å². The van der Waals surface area contributed by atoms with E-state index in [0.717, 1.165) is 23.8 Å². The Hall–Kier alpha value is -2.12. The Labute approximate surface area is 127 Å². The molecule has 0 bridgehead atoms. The van der Waals surface area contributed by atoms with Crippen LogP contribution in [0.15, 0.2) is 34.9 Å². The molecule has 1 aliphatic rings. The second-order valence-corrected chi connectivity index (χ2v) is 5.59. The molecule has 0 unspecified atom stereocenters. The normalized spacial score (nSPS) is 15.5. The van der Waals surface area contributed by atoms with Gasteiger partial charge in [0.25, 0.3) is 5.91 Å². The number of carbonyl (C=O) groups is 2. The van der Waals surface area contributed by atoms with Crippen LogP contribution in [0, 0.1) is 5.92 Å². The zero-order valence-corrected chi connectivity index (χ0v) is 11.9. The Morgan fingerprint density at radius 2 is 2.05 bits per heavy atom. The number of ketones is 1. The summed E-state index contributed by atoms with van der Waals surface area (Å²) < 4.78 is 5.39. The van der Waals surface area contributed by atoms with E-state index in [-0.39, 0.29) is 12.3 Å². The van der Waals surface area contributed by atoms with E-state index >= 15 is 0 Å². The molecule has 3 rings (SSSR count). The maximum absolute atomic E-state index is 11.8. The number of hydrogen-bond donors (Lipinski definition) is 3. The van der Waals surface area contributed by atoms with Crippen molar-refractivity contribution in [1.29, 1.82) is 0 Å². The van der Waals surface area contributed by atoms with Crippen LogP contribution in [-0.4, -0.2) is 34.8 Å². The summed E-state index contributed by atoms with van der Waals surface area (Å²) in [5.74, 6) is -2.40. The van der Waals surface area contributed by atoms with E-state index in [1.54, 1.807) is 6.07 Å². The highest BCUT2D eigenvalue weighted by atomic mass is 16.4. The fourth-order valence-corrected chi connectivity index (χ4v) is 2.43. The molecule has 3 N–H and O–H groups in total. The number of benzene rings is 1. The predicted octanol–water partition coefficient (Wildman–Crippen LogP) is 0.451. The third-order valence-corrected chi connectivity index (χ3v) is 3.85. The minimum absolute atomic E-state index is 0.165. The lowest BCUT2D eigenvalue weighted by Crippen LogP contribution is -2.50. The van der Waals surface area contributed by atoms with Crippen molar-refractivity contribution in [2.75, 3.05) is 0 Å². The SMILES string of the molecule is O=C(N[C@@H](Cc1coc2ccccc12)B(O)O)C(=O)C1CC1. The maximum Gasteiger partial charge on any atom is 0.475 e. The summed E-state index contributed by atoms with van der Waals surface area (Å²) >= 11 is 0. The molecule has 22 heavy (non-hydrogen) atoms. The van der Waals surface area contributed by atoms with Crippen LogP contribution in [0.2, 0.25) is 0 Å². The summed E-state index contributed by atoms with van der Waals surface area (Å²) in [4.78, 5) is 23.5. The Bertz CT molecular complexity index is 707. The lowest BCUT2D eigenvalue weighted by molar-refractivity contribution is -0.138. The molecule has 1 atom stereocenters. The first-order chi connectivity index (χ1) is 10.6. The fourth-order valence-electron chi connectivity index (χ4n) is 2.43. The molecule has 6 nitrogen and oxygen atoms in total. The molecule has 0 spiro atoms. The maximum atomic E-state index is 11.8. The van der Waals surface area contributed by atoms with E-state index in [1.165, 1.54) is 6.26 Å². The van der Waals surface area contributed by atoms with Gasteiger partial charge >= 0.3 is 7.12 Å². The van der Waals surface area contributed by atoms with E-state index in [1.807, 2.05) is 18.2 Å². The number of para-hydroxylation sites is 1. The van der Waals surface area contributed by atoms with Crippen molar-refractivity contribution in [2.24, 2.45) is 5.92 Å². The number of carbonyl (C=O) groups excluding carboxylic acids is 2. The first kappa shape index (κ1) is 14.8. The molecule has 1 saturated carbocycles. The highest BCUT2D eigenvalue weighted by Gasteiger charge is 2.36. The van der Waals surface area contributed by atoms with Crippen molar-refractivity contribution in [3.05, 3.63) is 36.1 Å². The second-order valence-electron chi connectivity index (χ2n) is 5.59. The van der Waals surface area contributed by atoms with E-state index in [4.69, 9.17) is 4.42 Å². The van der Waals surface area contributed by atoms with E-state index in [0.29, 0.717) is 5.58 Å². The third-order valence-electron chi connectivity index (χ3n) is 3.85. The highest BCUT2D eigenvalue weighted by Crippen LogP contribution is 2.29. The molecule has 1 amide bonds. The summed E-state index contributed by atoms with van der Waals surface area (Å²) in [6.07, 6.45) is 3.14. The van der Waals surface area contributed by atoms with E-state index in [9.17, 15) is 19.6 Å². The number of amides is 1. The Morgan fingerprint density at radius 1 is 1.32 bits per heavy atom. The Balaban J connectivity index is 1.74. The number of fused-ring (bicyclic) bond motifs is 1. The minimum atomic E-state index is -1.76. The first-order valence-corrected chi connectivity index (χ1v) is 7.22. The van der Waals surface area contributed by atoms with E-state index in [2.05, 4.69) is 5.32 Å². The van der Waals surface area contributed by atoms with Crippen LogP contribution < -0.4 is 5.32 Å². The molecule has 1 fully saturated rings. The number of rotatable bonds is 6. The van der Waals surface area contributed by atoms with Gasteiger partial charge < -0.3 is 19.8 Å². The molecular weight excluding hydrogens is 285 g/mol. The van der Waals surface area contributed by atoms with Crippen LogP contribution in [0.1, 0.15) is 18.4 Å². The minimum Gasteiger partial charge on any atom is -0.464 e. The molecule has 0 saturated heterocycles. The summed E-state index contributed by atoms with van der Waals surface area (Å²) in [6.45, 7) is 0. The second kappa shape index (κ2) is 5.94. The van der Waals surface area contributed by atoms with Crippen molar-refractivity contribution in [2.45, 2.75) is 25.2 Å². The van der Waals surface area contributed by atoms with Gasteiger partial charge in [-0.3, -0.25) is 9.59 Å². The first-order valence-electron chi connectivity index (χ1n) is 7.22. The van der Waals surface area contributed by atoms with Crippen molar-refractivity contribution in [3.63, 3.8) is 0 Å². The Morgan fingerprint density at radius 3 is 2.73 bits per heavy atom. The van der Waals surface area contributed by atoms with Gasteiger partial charge in [-0.25, -0.2) is 0 Å². The van der Waals surface area contributed by atoms with Gasteiger partial charge in [0, 0.05) is 11.3 Å². The number of nitrogens with one attached hydrogen (secondary N) is 1. The molecule has 1 aromatic carbocycles. The van der Waals surface area contributed by atoms with Crippen molar-refractivity contribution >= 4 is 29.8 Å². The number of hydrogen-bond acceptors (Lipinski definition) is 5. The summed E-state index contributed by atoms with van der Waals surface area (Å²) in [5.41, 5.74) is 1.43. The van der Waals surface area contributed by atoms with Gasteiger partial charge in [-0.2, -0.15) is 0 Å². The van der Waals surface area contributed by atoms with Gasteiger partial charge in [0.2, 0.25) is 5.78 Å². The summed E-state index contributed by atoms with van der Waals surface area (Å²) in [6, 6.07) is 7.34. The van der Waals surface area contributed by atoms with Crippen LogP contribution in [-0.2, 0) is 16.0 Å². The van der Waals surface area contributed by atoms with Crippen molar-refractivity contribution < 1.29 is 24.1 Å². The van der Waals surface area contributed by atoms with Gasteiger partial charge in [-0.05, 0) is 30.9 Å². The third kappa shape index (κ3) is 3.05. The smallest absolute Gasteiger partial charge is 0.464 e.